The van der Waals surface area contributed by atoms with Gasteiger partial charge in [-0.05, 0) is 41.8 Å². The molecular formula is C16H17BrClN. The van der Waals surface area contributed by atoms with Crippen LogP contribution in [0.25, 0.3) is 0 Å². The van der Waals surface area contributed by atoms with E-state index in [4.69, 9.17) is 11.6 Å². The van der Waals surface area contributed by atoms with Crippen molar-refractivity contribution in [3.05, 3.63) is 69.2 Å². The summed E-state index contributed by atoms with van der Waals surface area (Å²) in [7, 11) is 0. The fourth-order valence-electron chi connectivity index (χ4n) is 2.04. The Hall–Kier alpha value is -0.830. The molecule has 0 aliphatic rings. The minimum atomic E-state index is 0.378. The Morgan fingerprint density at radius 2 is 1.68 bits per heavy atom. The predicted molar refractivity (Wildman–Crippen MR) is 85.5 cm³/mol. The zero-order valence-corrected chi connectivity index (χ0v) is 13.2. The van der Waals surface area contributed by atoms with E-state index >= 15 is 0 Å². The van der Waals surface area contributed by atoms with Crippen LogP contribution in [0, 0.1) is 0 Å². The van der Waals surface area contributed by atoms with E-state index in [-0.39, 0.29) is 0 Å². The maximum absolute atomic E-state index is 5.89. The van der Waals surface area contributed by atoms with Crippen molar-refractivity contribution in [2.24, 2.45) is 0 Å². The molecule has 0 saturated heterocycles. The average Bonchev–Trinajstić information content (AvgIpc) is 2.43. The molecule has 0 saturated carbocycles. The number of rotatable bonds is 5. The predicted octanol–water partition coefficient (Wildman–Crippen LogP) is 5.34. The summed E-state index contributed by atoms with van der Waals surface area (Å²) in [6, 6.07) is 16.8. The molecule has 100 valence electrons. The molecule has 2 rings (SSSR count). The second kappa shape index (κ2) is 7.09. The summed E-state index contributed by atoms with van der Waals surface area (Å²) >= 11 is 9.35. The number of halogens is 2. The van der Waals surface area contributed by atoms with Crippen LogP contribution >= 0.6 is 27.5 Å². The lowest BCUT2D eigenvalue weighted by atomic mass is 10.0. The van der Waals surface area contributed by atoms with Crippen LogP contribution in [0.1, 0.15) is 30.5 Å². The van der Waals surface area contributed by atoms with Crippen molar-refractivity contribution >= 4 is 27.5 Å². The van der Waals surface area contributed by atoms with Crippen LogP contribution in [-0.2, 0) is 6.54 Å². The highest BCUT2D eigenvalue weighted by Crippen LogP contribution is 2.20. The molecule has 1 nitrogen and oxygen atoms in total. The number of hydrogen-bond donors (Lipinski definition) is 1. The van der Waals surface area contributed by atoms with Gasteiger partial charge in [0.1, 0.15) is 0 Å². The summed E-state index contributed by atoms with van der Waals surface area (Å²) in [5, 5.41) is 4.36. The van der Waals surface area contributed by atoms with Crippen molar-refractivity contribution in [1.29, 1.82) is 0 Å². The van der Waals surface area contributed by atoms with Crippen molar-refractivity contribution in [2.45, 2.75) is 25.9 Å². The average molecular weight is 339 g/mol. The van der Waals surface area contributed by atoms with Gasteiger partial charge in [0.2, 0.25) is 0 Å². The lowest BCUT2D eigenvalue weighted by molar-refractivity contribution is 0.519. The first-order valence-corrected chi connectivity index (χ1v) is 7.59. The van der Waals surface area contributed by atoms with E-state index in [0.717, 1.165) is 22.5 Å². The topological polar surface area (TPSA) is 12.0 Å². The third kappa shape index (κ3) is 4.34. The minimum absolute atomic E-state index is 0.378. The molecule has 0 aliphatic heterocycles. The van der Waals surface area contributed by atoms with Gasteiger partial charge in [-0.15, -0.1) is 0 Å². The molecule has 0 radical (unpaired) electrons. The van der Waals surface area contributed by atoms with Gasteiger partial charge in [0.25, 0.3) is 0 Å². The quantitative estimate of drug-likeness (QED) is 0.775. The molecule has 0 heterocycles. The van der Waals surface area contributed by atoms with E-state index in [1.807, 2.05) is 12.1 Å². The minimum Gasteiger partial charge on any atom is -0.306 e. The molecule has 0 fully saturated rings. The number of hydrogen-bond acceptors (Lipinski definition) is 1. The number of nitrogens with one attached hydrogen (secondary N) is 1. The maximum Gasteiger partial charge on any atom is 0.0406 e. The molecule has 1 atom stereocenters. The van der Waals surface area contributed by atoms with Gasteiger partial charge in [0.05, 0.1) is 0 Å². The summed E-state index contributed by atoms with van der Waals surface area (Å²) in [5.41, 5.74) is 2.57. The summed E-state index contributed by atoms with van der Waals surface area (Å²) in [5.74, 6) is 0. The van der Waals surface area contributed by atoms with Crippen molar-refractivity contribution in [2.75, 3.05) is 0 Å². The fourth-order valence-corrected chi connectivity index (χ4v) is 2.43. The Balaban J connectivity index is 1.99. The summed E-state index contributed by atoms with van der Waals surface area (Å²) < 4.78 is 1.11. The Morgan fingerprint density at radius 1 is 1.05 bits per heavy atom. The Kier molecular flexibility index (Phi) is 5.44. The van der Waals surface area contributed by atoms with Gasteiger partial charge in [0, 0.05) is 22.1 Å². The lowest BCUT2D eigenvalue weighted by Gasteiger charge is -2.17. The molecule has 3 heteroatoms. The third-order valence-corrected chi connectivity index (χ3v) is 3.93. The number of benzene rings is 2. The molecule has 2 aromatic carbocycles. The van der Waals surface area contributed by atoms with Gasteiger partial charge in [-0.3, -0.25) is 0 Å². The van der Waals surface area contributed by atoms with E-state index in [2.05, 4.69) is 64.6 Å². The molecule has 0 amide bonds. The molecule has 19 heavy (non-hydrogen) atoms. The van der Waals surface area contributed by atoms with E-state index in [1.165, 1.54) is 11.1 Å². The summed E-state index contributed by atoms with van der Waals surface area (Å²) in [6.07, 6.45) is 1.06. The maximum atomic E-state index is 5.89. The molecule has 1 N–H and O–H groups in total. The molecule has 1 unspecified atom stereocenters. The first-order valence-electron chi connectivity index (χ1n) is 6.42. The van der Waals surface area contributed by atoms with Gasteiger partial charge in [-0.1, -0.05) is 58.7 Å². The largest absolute Gasteiger partial charge is 0.306 e. The molecule has 0 aromatic heterocycles. The first-order chi connectivity index (χ1) is 9.19. The third-order valence-electron chi connectivity index (χ3n) is 3.15. The second-order valence-corrected chi connectivity index (χ2v) is 5.87. The fraction of sp³-hybridized carbons (Fsp3) is 0.250. The van der Waals surface area contributed by atoms with Crippen LogP contribution in [0.3, 0.4) is 0 Å². The lowest BCUT2D eigenvalue weighted by Crippen LogP contribution is -2.20. The monoisotopic (exact) mass is 337 g/mol. The standard InChI is InChI=1S/C16H17BrClN/c1-2-16(13-5-7-14(17)8-6-13)19-11-12-3-9-15(18)10-4-12/h3-10,16,19H,2,11H2,1H3. The Bertz CT molecular complexity index is 507. The van der Waals surface area contributed by atoms with Gasteiger partial charge in [0.15, 0.2) is 0 Å². The smallest absolute Gasteiger partial charge is 0.0406 e. The second-order valence-electron chi connectivity index (χ2n) is 4.52. The zero-order valence-electron chi connectivity index (χ0n) is 10.9. The van der Waals surface area contributed by atoms with Gasteiger partial charge in [-0.2, -0.15) is 0 Å². The van der Waals surface area contributed by atoms with Crippen LogP contribution in [0.2, 0.25) is 5.02 Å². The highest BCUT2D eigenvalue weighted by atomic mass is 79.9. The van der Waals surface area contributed by atoms with Gasteiger partial charge >= 0.3 is 0 Å². The van der Waals surface area contributed by atoms with E-state index < -0.39 is 0 Å². The molecule has 0 aliphatic carbocycles. The molecule has 0 bridgehead atoms. The van der Waals surface area contributed by atoms with Crippen molar-refractivity contribution in [3.63, 3.8) is 0 Å². The zero-order chi connectivity index (χ0) is 13.7. The van der Waals surface area contributed by atoms with Crippen LogP contribution < -0.4 is 5.32 Å². The highest BCUT2D eigenvalue weighted by Gasteiger charge is 2.08. The van der Waals surface area contributed by atoms with Gasteiger partial charge < -0.3 is 5.32 Å². The Morgan fingerprint density at radius 3 is 2.26 bits per heavy atom. The molecular weight excluding hydrogens is 322 g/mol. The van der Waals surface area contributed by atoms with Crippen LogP contribution in [-0.4, -0.2) is 0 Å². The van der Waals surface area contributed by atoms with Crippen molar-refractivity contribution in [3.8, 4) is 0 Å². The SMILES string of the molecule is CCC(NCc1ccc(Cl)cc1)c1ccc(Br)cc1. The van der Waals surface area contributed by atoms with Crippen LogP contribution in [0.4, 0.5) is 0 Å². The van der Waals surface area contributed by atoms with E-state index in [1.54, 1.807) is 0 Å². The summed E-state index contributed by atoms with van der Waals surface area (Å²) in [6.45, 7) is 3.05. The van der Waals surface area contributed by atoms with Crippen molar-refractivity contribution in [1.82, 2.24) is 5.32 Å². The highest BCUT2D eigenvalue weighted by molar-refractivity contribution is 9.10. The molecule has 2 aromatic rings. The van der Waals surface area contributed by atoms with E-state index in [9.17, 15) is 0 Å². The Labute approximate surface area is 128 Å². The van der Waals surface area contributed by atoms with Crippen LogP contribution in [0.15, 0.2) is 53.0 Å². The first kappa shape index (κ1) is 14.6. The van der Waals surface area contributed by atoms with Crippen LogP contribution in [0.5, 0.6) is 0 Å². The van der Waals surface area contributed by atoms with Crippen molar-refractivity contribution < 1.29 is 0 Å². The summed E-state index contributed by atoms with van der Waals surface area (Å²) in [4.78, 5) is 0. The molecule has 0 spiro atoms. The van der Waals surface area contributed by atoms with E-state index in [0.29, 0.717) is 6.04 Å². The van der Waals surface area contributed by atoms with Gasteiger partial charge in [-0.25, -0.2) is 0 Å². The normalized spacial score (nSPS) is 12.4.